The molecule has 0 saturated heterocycles. The predicted molar refractivity (Wildman–Crippen MR) is 124 cm³/mol. The van der Waals surface area contributed by atoms with Gasteiger partial charge >= 0.3 is 6.09 Å². The lowest BCUT2D eigenvalue weighted by atomic mass is 10.0. The number of amides is 2. The number of hydrogen-bond acceptors (Lipinski definition) is 7. The number of halogens is 2. The zero-order chi connectivity index (χ0) is 25.0. The van der Waals surface area contributed by atoms with Crippen molar-refractivity contribution in [2.75, 3.05) is 10.6 Å². The first-order valence-corrected chi connectivity index (χ1v) is 11.1. The average Bonchev–Trinajstić information content (AvgIpc) is 3.56. The second-order valence-corrected chi connectivity index (χ2v) is 9.26. The summed E-state index contributed by atoms with van der Waals surface area (Å²) in [5.74, 6) is -2.26. The van der Waals surface area contributed by atoms with Gasteiger partial charge in [-0.3, -0.25) is 9.78 Å². The van der Waals surface area contributed by atoms with Crippen LogP contribution in [0.15, 0.2) is 24.5 Å². The van der Waals surface area contributed by atoms with Crippen LogP contribution < -0.4 is 21.7 Å². The van der Waals surface area contributed by atoms with Crippen LogP contribution in [0.1, 0.15) is 57.3 Å². The predicted octanol–water partition coefficient (Wildman–Crippen LogP) is 4.09. The van der Waals surface area contributed by atoms with Crippen LogP contribution in [0, 0.1) is 17.6 Å². The highest BCUT2D eigenvalue weighted by Crippen LogP contribution is 2.37. The van der Waals surface area contributed by atoms with Crippen LogP contribution >= 0.6 is 0 Å². The van der Waals surface area contributed by atoms with Gasteiger partial charge in [0.05, 0.1) is 35.7 Å². The van der Waals surface area contributed by atoms with Crippen LogP contribution in [-0.4, -0.2) is 39.7 Å². The molecule has 2 heterocycles. The van der Waals surface area contributed by atoms with Crippen molar-refractivity contribution in [3.63, 3.8) is 0 Å². The van der Waals surface area contributed by atoms with Gasteiger partial charge in [-0.15, -0.1) is 0 Å². The summed E-state index contributed by atoms with van der Waals surface area (Å²) in [4.78, 5) is 32.2. The lowest BCUT2D eigenvalue weighted by Gasteiger charge is -2.30. The lowest BCUT2D eigenvalue weighted by Crippen LogP contribution is -2.49. The molecular formula is C23H30F2N6O3. The minimum Gasteiger partial charge on any atom is -0.444 e. The molecule has 34 heavy (non-hydrogen) atoms. The first-order valence-electron chi connectivity index (χ1n) is 11.1. The van der Waals surface area contributed by atoms with E-state index in [1.165, 1.54) is 6.20 Å². The summed E-state index contributed by atoms with van der Waals surface area (Å²) in [5, 5.41) is 8.73. The maximum absolute atomic E-state index is 14.9. The number of nitrogens with two attached hydrogens (primary N) is 1. The van der Waals surface area contributed by atoms with Gasteiger partial charge in [0, 0.05) is 6.07 Å². The van der Waals surface area contributed by atoms with E-state index in [9.17, 15) is 18.4 Å². The van der Waals surface area contributed by atoms with Crippen molar-refractivity contribution in [2.24, 2.45) is 11.7 Å². The number of carbonyl (C=O) groups excluding carboxylic acids is 2. The maximum Gasteiger partial charge on any atom is 0.407 e. The Labute approximate surface area is 196 Å². The van der Waals surface area contributed by atoms with E-state index in [1.54, 1.807) is 20.8 Å². The normalized spacial score (nSPS) is 15.2. The van der Waals surface area contributed by atoms with E-state index >= 15 is 0 Å². The summed E-state index contributed by atoms with van der Waals surface area (Å²) in [6.07, 6.45) is 4.17. The molecule has 1 aliphatic carbocycles. The molecule has 2 amide bonds. The van der Waals surface area contributed by atoms with Gasteiger partial charge in [-0.05, 0) is 52.0 Å². The number of nitrogens with one attached hydrogen (secondary N) is 3. The van der Waals surface area contributed by atoms with E-state index in [-0.39, 0.29) is 40.9 Å². The van der Waals surface area contributed by atoms with Gasteiger partial charge < -0.3 is 26.4 Å². The highest BCUT2D eigenvalue weighted by molar-refractivity contribution is 5.98. The molecule has 2 aromatic rings. The quantitative estimate of drug-likeness (QED) is 0.429. The van der Waals surface area contributed by atoms with Crippen molar-refractivity contribution >= 4 is 29.3 Å². The minimum absolute atomic E-state index is 0.0495. The average molecular weight is 477 g/mol. The maximum atomic E-state index is 14.9. The van der Waals surface area contributed by atoms with Crippen LogP contribution in [0.2, 0.25) is 0 Å². The van der Waals surface area contributed by atoms with Crippen LogP contribution in [0.25, 0.3) is 0 Å². The molecule has 1 fully saturated rings. The Morgan fingerprint density at radius 3 is 2.47 bits per heavy atom. The molecule has 0 radical (unpaired) electrons. The number of hydrogen-bond donors (Lipinski definition) is 4. The molecule has 0 aromatic carbocycles. The number of ether oxygens (including phenoxy) is 1. The van der Waals surface area contributed by atoms with Gasteiger partial charge in [-0.1, -0.05) is 6.92 Å². The standard InChI is InChI=1S/C23H30F2N6O3/c1-5-17(29-22(33)34-23(2,3)4)18(12-6-7-12)30-21-16(25)9-15(19(26)32)20(31-21)28-14-8-13(24)10-27-11-14/h8-12,17-18H,5-7H2,1-4H3,(H2,26,32)(H,29,33)(H2,28,30,31)/t17-,18+/m0/s1. The van der Waals surface area contributed by atoms with Crippen molar-refractivity contribution in [3.05, 3.63) is 41.7 Å². The molecule has 11 heteroatoms. The molecule has 2 aromatic heterocycles. The molecule has 2 atom stereocenters. The zero-order valence-corrected chi connectivity index (χ0v) is 19.6. The SMILES string of the molecule is CC[C@H](NC(=O)OC(C)(C)C)[C@H](Nc1nc(Nc2cncc(F)c2)c(C(N)=O)cc1F)C1CC1. The first-order chi connectivity index (χ1) is 16.0. The van der Waals surface area contributed by atoms with Gasteiger partial charge in [0.25, 0.3) is 5.91 Å². The summed E-state index contributed by atoms with van der Waals surface area (Å²) in [5.41, 5.74) is 4.75. The summed E-state index contributed by atoms with van der Waals surface area (Å²) >= 11 is 0. The summed E-state index contributed by atoms with van der Waals surface area (Å²) in [7, 11) is 0. The molecule has 0 bridgehead atoms. The Morgan fingerprint density at radius 2 is 1.91 bits per heavy atom. The van der Waals surface area contributed by atoms with Gasteiger partial charge in [-0.2, -0.15) is 0 Å². The number of nitrogens with zero attached hydrogens (tertiary/aromatic N) is 2. The minimum atomic E-state index is -0.901. The van der Waals surface area contributed by atoms with Gasteiger partial charge in [-0.25, -0.2) is 18.6 Å². The second kappa shape index (κ2) is 10.2. The molecule has 3 rings (SSSR count). The number of primary amides is 1. The van der Waals surface area contributed by atoms with E-state index in [4.69, 9.17) is 10.5 Å². The van der Waals surface area contributed by atoms with Crippen LogP contribution in [0.5, 0.6) is 0 Å². The molecule has 9 nitrogen and oxygen atoms in total. The molecule has 1 saturated carbocycles. The van der Waals surface area contributed by atoms with E-state index < -0.39 is 29.2 Å². The van der Waals surface area contributed by atoms with Crippen molar-refractivity contribution in [1.82, 2.24) is 15.3 Å². The number of anilines is 3. The Balaban J connectivity index is 1.87. The van der Waals surface area contributed by atoms with E-state index in [0.29, 0.717) is 6.42 Å². The number of pyridine rings is 2. The molecule has 5 N–H and O–H groups in total. The summed E-state index contributed by atoms with van der Waals surface area (Å²) in [6, 6.07) is 1.44. The monoisotopic (exact) mass is 476 g/mol. The number of carbonyl (C=O) groups is 2. The number of alkyl carbamates (subject to hydrolysis) is 1. The lowest BCUT2D eigenvalue weighted by molar-refractivity contribution is 0.0495. The fourth-order valence-corrected chi connectivity index (χ4v) is 3.56. The highest BCUT2D eigenvalue weighted by Gasteiger charge is 2.38. The van der Waals surface area contributed by atoms with Crippen LogP contribution in [0.4, 0.5) is 30.9 Å². The number of aromatic nitrogens is 2. The molecule has 0 spiro atoms. The Hall–Kier alpha value is -3.50. The third kappa shape index (κ3) is 6.75. The van der Waals surface area contributed by atoms with Gasteiger partial charge in [0.1, 0.15) is 17.2 Å². The third-order valence-electron chi connectivity index (χ3n) is 5.22. The Bertz CT molecular complexity index is 1060. The first kappa shape index (κ1) is 25.1. The van der Waals surface area contributed by atoms with Gasteiger partial charge in [0.2, 0.25) is 0 Å². The molecule has 1 aliphatic rings. The van der Waals surface area contributed by atoms with E-state index in [1.807, 2.05) is 6.92 Å². The summed E-state index contributed by atoms with van der Waals surface area (Å²) < 4.78 is 33.9. The highest BCUT2D eigenvalue weighted by atomic mass is 19.1. The molecule has 0 aliphatic heterocycles. The largest absolute Gasteiger partial charge is 0.444 e. The van der Waals surface area contributed by atoms with Crippen LogP contribution in [-0.2, 0) is 4.74 Å². The topological polar surface area (TPSA) is 131 Å². The smallest absolute Gasteiger partial charge is 0.407 e. The Morgan fingerprint density at radius 1 is 1.21 bits per heavy atom. The van der Waals surface area contributed by atoms with E-state index in [2.05, 4.69) is 25.9 Å². The summed E-state index contributed by atoms with van der Waals surface area (Å²) in [6.45, 7) is 7.22. The Kier molecular flexibility index (Phi) is 7.53. The molecule has 184 valence electrons. The zero-order valence-electron chi connectivity index (χ0n) is 19.6. The van der Waals surface area contributed by atoms with Crippen molar-refractivity contribution in [1.29, 1.82) is 0 Å². The number of rotatable bonds is 9. The fraction of sp³-hybridized carbons (Fsp3) is 0.478. The van der Waals surface area contributed by atoms with E-state index in [0.717, 1.165) is 31.2 Å². The van der Waals surface area contributed by atoms with Crippen molar-refractivity contribution < 1.29 is 23.1 Å². The van der Waals surface area contributed by atoms with Crippen LogP contribution in [0.3, 0.4) is 0 Å². The second-order valence-electron chi connectivity index (χ2n) is 9.26. The van der Waals surface area contributed by atoms with Crippen molar-refractivity contribution in [2.45, 2.75) is 64.6 Å². The molecule has 0 unspecified atom stereocenters. The van der Waals surface area contributed by atoms with Crippen molar-refractivity contribution in [3.8, 4) is 0 Å². The van der Waals surface area contributed by atoms with Gasteiger partial charge in [0.15, 0.2) is 11.6 Å². The third-order valence-corrected chi connectivity index (χ3v) is 5.22. The molecular weight excluding hydrogens is 446 g/mol. The fourth-order valence-electron chi connectivity index (χ4n) is 3.56.